The van der Waals surface area contributed by atoms with Crippen LogP contribution < -0.4 is 10.1 Å². The predicted molar refractivity (Wildman–Crippen MR) is 84.3 cm³/mol. The zero-order chi connectivity index (χ0) is 14.4. The van der Waals surface area contributed by atoms with Crippen LogP contribution in [0.15, 0.2) is 42.6 Å². The number of benzene rings is 1. The van der Waals surface area contributed by atoms with Crippen LogP contribution in [-0.4, -0.2) is 10.7 Å². The molecular weight excluding hydrogens is 248 g/mol. The van der Waals surface area contributed by atoms with E-state index < -0.39 is 0 Å². The molecule has 1 N–H and O–H groups in total. The standard InChI is InChI=1S/C17H24N2O/c1-4-11-19-12-7-8-15(19)13-18-16-9-5-6-10-17(16)20-14(2)3/h5-10,12,14,18H,4,11,13H2,1-3H3. The molecule has 0 atom stereocenters. The fraction of sp³-hybridized carbons (Fsp3) is 0.412. The van der Waals surface area contributed by atoms with Crippen LogP contribution >= 0.6 is 0 Å². The minimum atomic E-state index is 0.182. The van der Waals surface area contributed by atoms with E-state index in [4.69, 9.17) is 4.74 Å². The largest absolute Gasteiger partial charge is 0.489 e. The van der Waals surface area contributed by atoms with Crippen molar-refractivity contribution in [1.82, 2.24) is 4.57 Å². The third kappa shape index (κ3) is 3.80. The van der Waals surface area contributed by atoms with Crippen molar-refractivity contribution in [3.8, 4) is 5.75 Å². The van der Waals surface area contributed by atoms with Crippen LogP contribution in [0.4, 0.5) is 5.69 Å². The molecule has 0 fully saturated rings. The van der Waals surface area contributed by atoms with Gasteiger partial charge in [-0.05, 0) is 44.5 Å². The first kappa shape index (κ1) is 14.5. The molecule has 1 aromatic carbocycles. The van der Waals surface area contributed by atoms with Crippen molar-refractivity contribution in [2.75, 3.05) is 5.32 Å². The van der Waals surface area contributed by atoms with Crippen molar-refractivity contribution in [3.05, 3.63) is 48.3 Å². The molecule has 0 amide bonds. The van der Waals surface area contributed by atoms with E-state index in [1.165, 1.54) is 5.69 Å². The number of para-hydroxylation sites is 2. The summed E-state index contributed by atoms with van der Waals surface area (Å²) < 4.78 is 8.11. The smallest absolute Gasteiger partial charge is 0.142 e. The molecule has 0 saturated carbocycles. The highest BCUT2D eigenvalue weighted by atomic mass is 16.5. The highest BCUT2D eigenvalue weighted by molar-refractivity contribution is 5.56. The van der Waals surface area contributed by atoms with Gasteiger partial charge in [-0.3, -0.25) is 0 Å². The van der Waals surface area contributed by atoms with E-state index in [0.717, 1.165) is 30.9 Å². The van der Waals surface area contributed by atoms with Gasteiger partial charge in [-0.1, -0.05) is 19.1 Å². The summed E-state index contributed by atoms with van der Waals surface area (Å²) in [5.74, 6) is 0.913. The molecule has 2 rings (SSSR count). The summed E-state index contributed by atoms with van der Waals surface area (Å²) in [6.07, 6.45) is 3.47. The fourth-order valence-electron chi connectivity index (χ4n) is 2.22. The summed E-state index contributed by atoms with van der Waals surface area (Å²) in [6, 6.07) is 12.4. The Morgan fingerprint density at radius 3 is 2.70 bits per heavy atom. The van der Waals surface area contributed by atoms with Gasteiger partial charge in [0.1, 0.15) is 5.75 Å². The van der Waals surface area contributed by atoms with Gasteiger partial charge in [0.2, 0.25) is 0 Å². The Morgan fingerprint density at radius 2 is 1.95 bits per heavy atom. The average Bonchev–Trinajstić information content (AvgIpc) is 2.85. The van der Waals surface area contributed by atoms with Crippen LogP contribution in [0.25, 0.3) is 0 Å². The van der Waals surface area contributed by atoms with Gasteiger partial charge < -0.3 is 14.6 Å². The van der Waals surface area contributed by atoms with Crippen LogP contribution in [-0.2, 0) is 13.1 Å². The van der Waals surface area contributed by atoms with Crippen molar-refractivity contribution >= 4 is 5.69 Å². The number of hydrogen-bond donors (Lipinski definition) is 1. The van der Waals surface area contributed by atoms with Crippen LogP contribution in [0, 0.1) is 0 Å². The number of rotatable bonds is 7. The van der Waals surface area contributed by atoms with E-state index in [-0.39, 0.29) is 6.10 Å². The Labute approximate surface area is 121 Å². The summed E-state index contributed by atoms with van der Waals surface area (Å²) in [4.78, 5) is 0. The highest BCUT2D eigenvalue weighted by Crippen LogP contribution is 2.25. The van der Waals surface area contributed by atoms with Gasteiger partial charge in [-0.15, -0.1) is 0 Å². The summed E-state index contributed by atoms with van der Waals surface area (Å²) >= 11 is 0. The number of nitrogens with zero attached hydrogens (tertiary/aromatic N) is 1. The lowest BCUT2D eigenvalue weighted by Gasteiger charge is -2.16. The van der Waals surface area contributed by atoms with Crippen molar-refractivity contribution in [2.45, 2.75) is 46.4 Å². The molecule has 0 bridgehead atoms. The molecule has 3 nitrogen and oxygen atoms in total. The summed E-state index contributed by atoms with van der Waals surface area (Å²) in [7, 11) is 0. The van der Waals surface area contributed by atoms with Gasteiger partial charge in [0.25, 0.3) is 0 Å². The number of ether oxygens (including phenoxy) is 1. The van der Waals surface area contributed by atoms with Gasteiger partial charge in [0.05, 0.1) is 18.3 Å². The van der Waals surface area contributed by atoms with Gasteiger partial charge in [-0.2, -0.15) is 0 Å². The normalized spacial score (nSPS) is 10.8. The quantitative estimate of drug-likeness (QED) is 0.813. The maximum atomic E-state index is 5.82. The first-order valence-corrected chi connectivity index (χ1v) is 7.34. The minimum Gasteiger partial charge on any atom is -0.489 e. The van der Waals surface area contributed by atoms with Crippen LogP contribution in [0.2, 0.25) is 0 Å². The minimum absolute atomic E-state index is 0.182. The lowest BCUT2D eigenvalue weighted by Crippen LogP contribution is -2.10. The lowest BCUT2D eigenvalue weighted by molar-refractivity contribution is 0.243. The third-order valence-corrected chi connectivity index (χ3v) is 3.10. The maximum absolute atomic E-state index is 5.82. The Balaban J connectivity index is 2.05. The van der Waals surface area contributed by atoms with Crippen LogP contribution in [0.1, 0.15) is 32.9 Å². The molecule has 0 unspecified atom stereocenters. The average molecular weight is 272 g/mol. The SMILES string of the molecule is CCCn1cccc1CNc1ccccc1OC(C)C. The van der Waals surface area contributed by atoms with Gasteiger partial charge in [-0.25, -0.2) is 0 Å². The molecule has 1 aromatic heterocycles. The fourth-order valence-corrected chi connectivity index (χ4v) is 2.22. The highest BCUT2D eigenvalue weighted by Gasteiger charge is 2.06. The number of nitrogens with one attached hydrogen (secondary N) is 1. The number of hydrogen-bond acceptors (Lipinski definition) is 2. The summed E-state index contributed by atoms with van der Waals surface area (Å²) in [5, 5.41) is 3.47. The second-order valence-corrected chi connectivity index (χ2v) is 5.21. The van der Waals surface area contributed by atoms with E-state index in [1.807, 2.05) is 32.0 Å². The van der Waals surface area contributed by atoms with E-state index in [9.17, 15) is 0 Å². The predicted octanol–water partition coefficient (Wildman–Crippen LogP) is 4.30. The molecule has 0 radical (unpaired) electrons. The number of anilines is 1. The molecule has 0 aliphatic carbocycles. The van der Waals surface area contributed by atoms with Crippen molar-refractivity contribution < 1.29 is 4.74 Å². The zero-order valence-electron chi connectivity index (χ0n) is 12.6. The molecule has 0 aliphatic rings. The van der Waals surface area contributed by atoms with E-state index in [1.54, 1.807) is 0 Å². The van der Waals surface area contributed by atoms with E-state index in [0.29, 0.717) is 0 Å². The van der Waals surface area contributed by atoms with Crippen molar-refractivity contribution in [2.24, 2.45) is 0 Å². The number of aryl methyl sites for hydroxylation is 1. The molecule has 0 spiro atoms. The Bertz CT molecular complexity index is 531. The first-order valence-electron chi connectivity index (χ1n) is 7.34. The van der Waals surface area contributed by atoms with Crippen LogP contribution in [0.5, 0.6) is 5.75 Å². The molecular formula is C17H24N2O. The molecule has 2 aromatic rings. The van der Waals surface area contributed by atoms with Crippen LogP contribution in [0.3, 0.4) is 0 Å². The van der Waals surface area contributed by atoms with E-state index in [2.05, 4.69) is 41.2 Å². The van der Waals surface area contributed by atoms with Crippen molar-refractivity contribution in [1.29, 1.82) is 0 Å². The lowest BCUT2D eigenvalue weighted by atomic mass is 10.2. The van der Waals surface area contributed by atoms with Crippen molar-refractivity contribution in [3.63, 3.8) is 0 Å². The topological polar surface area (TPSA) is 26.2 Å². The Hall–Kier alpha value is -1.90. The molecule has 108 valence electrons. The maximum Gasteiger partial charge on any atom is 0.142 e. The molecule has 20 heavy (non-hydrogen) atoms. The number of aromatic nitrogens is 1. The molecule has 0 aliphatic heterocycles. The summed E-state index contributed by atoms with van der Waals surface area (Å²) in [5.41, 5.74) is 2.34. The first-order chi connectivity index (χ1) is 9.70. The molecule has 1 heterocycles. The summed E-state index contributed by atoms with van der Waals surface area (Å²) in [6.45, 7) is 8.16. The zero-order valence-corrected chi connectivity index (χ0v) is 12.6. The Kier molecular flexibility index (Phi) is 5.10. The second-order valence-electron chi connectivity index (χ2n) is 5.21. The Morgan fingerprint density at radius 1 is 1.15 bits per heavy atom. The molecule has 0 saturated heterocycles. The van der Waals surface area contributed by atoms with Gasteiger partial charge >= 0.3 is 0 Å². The van der Waals surface area contributed by atoms with E-state index >= 15 is 0 Å². The molecule has 3 heteroatoms. The monoisotopic (exact) mass is 272 g/mol. The van der Waals surface area contributed by atoms with Gasteiger partial charge in [0, 0.05) is 18.4 Å². The van der Waals surface area contributed by atoms with Gasteiger partial charge in [0.15, 0.2) is 0 Å². The third-order valence-electron chi connectivity index (χ3n) is 3.10. The second kappa shape index (κ2) is 7.04.